The van der Waals surface area contributed by atoms with Crippen LogP contribution in [0.15, 0.2) is 77.3 Å². The molecule has 0 amide bonds. The molecule has 3 aromatic rings. The molecule has 6 nitrogen and oxygen atoms in total. The number of nitrogens with zero attached hydrogens (tertiary/aromatic N) is 1. The summed E-state index contributed by atoms with van der Waals surface area (Å²) in [6.45, 7) is 0. The average Bonchev–Trinajstić information content (AvgIpc) is 2.74. The van der Waals surface area contributed by atoms with Gasteiger partial charge in [-0.1, -0.05) is 46.3 Å². The van der Waals surface area contributed by atoms with Crippen molar-refractivity contribution in [1.82, 2.24) is 0 Å². The zero-order valence-electron chi connectivity index (χ0n) is 15.8. The largest absolute Gasteiger partial charge is 0.497 e. The van der Waals surface area contributed by atoms with Crippen LogP contribution in [0, 0.1) is 10.1 Å². The van der Waals surface area contributed by atoms with Crippen molar-refractivity contribution in [2.24, 2.45) is 0 Å². The zero-order chi connectivity index (χ0) is 20.8. The molecule has 0 saturated carbocycles. The van der Waals surface area contributed by atoms with Gasteiger partial charge in [0.25, 0.3) is 5.69 Å². The minimum Gasteiger partial charge on any atom is -0.497 e. The number of rotatable bonds is 8. The van der Waals surface area contributed by atoms with E-state index in [0.717, 1.165) is 21.3 Å². The Morgan fingerprint density at radius 1 is 1.07 bits per heavy atom. The minimum absolute atomic E-state index is 0.0111. The summed E-state index contributed by atoms with van der Waals surface area (Å²) in [5.41, 5.74) is 2.36. The van der Waals surface area contributed by atoms with E-state index in [2.05, 4.69) is 21.2 Å². The van der Waals surface area contributed by atoms with Crippen molar-refractivity contribution in [2.75, 3.05) is 12.4 Å². The van der Waals surface area contributed by atoms with Crippen LogP contribution in [0.25, 0.3) is 0 Å². The van der Waals surface area contributed by atoms with Crippen LogP contribution < -0.4 is 10.1 Å². The fourth-order valence-corrected chi connectivity index (χ4v) is 3.33. The third-order valence-electron chi connectivity index (χ3n) is 4.63. The van der Waals surface area contributed by atoms with Gasteiger partial charge in [-0.3, -0.25) is 10.1 Å². The second kappa shape index (κ2) is 9.54. The normalized spacial score (nSPS) is 12.8. The molecule has 0 aromatic heterocycles. The molecule has 150 valence electrons. The van der Waals surface area contributed by atoms with E-state index >= 15 is 0 Å². The van der Waals surface area contributed by atoms with Crippen molar-refractivity contribution in [3.05, 3.63) is 98.5 Å². The molecule has 0 spiro atoms. The predicted octanol–water partition coefficient (Wildman–Crippen LogP) is 5.64. The Hall–Kier alpha value is -2.90. The van der Waals surface area contributed by atoms with Gasteiger partial charge in [0.1, 0.15) is 5.75 Å². The zero-order valence-corrected chi connectivity index (χ0v) is 17.4. The van der Waals surface area contributed by atoms with Gasteiger partial charge in [-0.25, -0.2) is 0 Å². The van der Waals surface area contributed by atoms with E-state index in [1.807, 2.05) is 48.5 Å². The summed E-state index contributed by atoms with van der Waals surface area (Å²) in [7, 11) is 1.60. The summed E-state index contributed by atoms with van der Waals surface area (Å²) in [5.74, 6) is 0.733. The molecular weight excluding hydrogens is 436 g/mol. The monoisotopic (exact) mass is 456 g/mol. The number of ether oxygens (including phenoxy) is 1. The summed E-state index contributed by atoms with van der Waals surface area (Å²) >= 11 is 3.40. The van der Waals surface area contributed by atoms with Crippen molar-refractivity contribution in [3.63, 3.8) is 0 Å². The van der Waals surface area contributed by atoms with Gasteiger partial charge in [-0.2, -0.15) is 0 Å². The molecule has 7 heteroatoms. The first-order valence-electron chi connectivity index (χ1n) is 9.04. The molecule has 2 N–H and O–H groups in total. The first-order valence-corrected chi connectivity index (χ1v) is 9.84. The molecule has 2 atom stereocenters. The number of non-ortho nitro benzene ring substituents is 1. The summed E-state index contributed by atoms with van der Waals surface area (Å²) in [4.78, 5) is 10.7. The Morgan fingerprint density at radius 3 is 2.34 bits per heavy atom. The molecule has 0 saturated heterocycles. The lowest BCUT2D eigenvalue weighted by Crippen LogP contribution is -2.15. The summed E-state index contributed by atoms with van der Waals surface area (Å²) < 4.78 is 6.16. The van der Waals surface area contributed by atoms with Crippen LogP contribution in [-0.4, -0.2) is 17.1 Å². The topological polar surface area (TPSA) is 84.6 Å². The van der Waals surface area contributed by atoms with Crippen molar-refractivity contribution in [3.8, 4) is 5.75 Å². The lowest BCUT2D eigenvalue weighted by atomic mass is 9.96. The Labute approximate surface area is 177 Å². The lowest BCUT2D eigenvalue weighted by Gasteiger charge is -2.24. The highest BCUT2D eigenvalue weighted by molar-refractivity contribution is 9.10. The average molecular weight is 457 g/mol. The van der Waals surface area contributed by atoms with Gasteiger partial charge in [0, 0.05) is 28.7 Å². The fraction of sp³-hybridized carbons (Fsp3) is 0.182. The van der Waals surface area contributed by atoms with Gasteiger partial charge in [0.05, 0.1) is 24.2 Å². The van der Waals surface area contributed by atoms with Crippen molar-refractivity contribution in [1.29, 1.82) is 0 Å². The maximum Gasteiger partial charge on any atom is 0.271 e. The van der Waals surface area contributed by atoms with Gasteiger partial charge in [-0.15, -0.1) is 0 Å². The first kappa shape index (κ1) is 20.8. The van der Waals surface area contributed by atoms with Crippen LogP contribution in [0.5, 0.6) is 5.75 Å². The fourth-order valence-electron chi connectivity index (χ4n) is 3.07. The van der Waals surface area contributed by atoms with E-state index in [0.29, 0.717) is 12.1 Å². The molecule has 29 heavy (non-hydrogen) atoms. The Bertz CT molecular complexity index is 961. The van der Waals surface area contributed by atoms with Crippen LogP contribution in [0.4, 0.5) is 11.4 Å². The summed E-state index contributed by atoms with van der Waals surface area (Å²) in [6.07, 6.45) is -0.321. The van der Waals surface area contributed by atoms with E-state index in [1.54, 1.807) is 19.2 Å². The Kier molecular flexibility index (Phi) is 6.85. The summed E-state index contributed by atoms with van der Waals surface area (Å²) in [6, 6.07) is 21.1. The van der Waals surface area contributed by atoms with Crippen LogP contribution in [0.2, 0.25) is 0 Å². The molecule has 0 heterocycles. The number of benzene rings is 3. The van der Waals surface area contributed by atoms with Gasteiger partial charge in [0.15, 0.2) is 0 Å². The second-order valence-corrected chi connectivity index (χ2v) is 7.50. The van der Waals surface area contributed by atoms with E-state index < -0.39 is 11.0 Å². The molecular formula is C22H21BrN2O4. The highest BCUT2D eigenvalue weighted by atomic mass is 79.9. The second-order valence-electron chi connectivity index (χ2n) is 6.58. The first-order chi connectivity index (χ1) is 14.0. The van der Waals surface area contributed by atoms with Crippen LogP contribution in [0.1, 0.15) is 29.7 Å². The number of aliphatic hydroxyl groups is 1. The lowest BCUT2D eigenvalue weighted by molar-refractivity contribution is -0.384. The quantitative estimate of drug-likeness (QED) is 0.338. The highest BCUT2D eigenvalue weighted by Crippen LogP contribution is 2.32. The Balaban J connectivity index is 1.87. The molecule has 2 unspecified atom stereocenters. The third kappa shape index (κ3) is 5.56. The number of halogens is 1. The number of hydrogen-bond acceptors (Lipinski definition) is 5. The molecule has 0 aliphatic carbocycles. The standard InChI is InChI=1S/C22H21BrN2O4/c1-29-20-11-7-15(8-12-20)21(14-22(26)16-5-9-17(23)10-6-16)24-18-3-2-4-19(13-18)25(27)28/h2-13,21-22,24,26H,14H2,1H3. The van der Waals surface area contributed by atoms with E-state index in [-0.39, 0.29) is 11.7 Å². The van der Waals surface area contributed by atoms with E-state index in [1.165, 1.54) is 12.1 Å². The van der Waals surface area contributed by atoms with Crippen LogP contribution in [-0.2, 0) is 0 Å². The highest BCUT2D eigenvalue weighted by Gasteiger charge is 2.19. The SMILES string of the molecule is COc1ccc(C(CC(O)c2ccc(Br)cc2)Nc2cccc([N+](=O)[O-])c2)cc1. The maximum atomic E-state index is 11.1. The number of anilines is 1. The molecule has 0 aliphatic rings. The van der Waals surface area contributed by atoms with Gasteiger partial charge < -0.3 is 15.2 Å². The van der Waals surface area contributed by atoms with Gasteiger partial charge in [-0.05, 0) is 41.5 Å². The number of nitro groups is 1. The van der Waals surface area contributed by atoms with Crippen molar-refractivity contribution in [2.45, 2.75) is 18.6 Å². The molecule has 0 fully saturated rings. The van der Waals surface area contributed by atoms with Gasteiger partial charge >= 0.3 is 0 Å². The predicted molar refractivity (Wildman–Crippen MR) is 116 cm³/mol. The third-order valence-corrected chi connectivity index (χ3v) is 5.16. The summed E-state index contributed by atoms with van der Waals surface area (Å²) in [5, 5.41) is 25.2. The van der Waals surface area contributed by atoms with Crippen molar-refractivity contribution >= 4 is 27.3 Å². The molecule has 3 aromatic carbocycles. The van der Waals surface area contributed by atoms with E-state index in [4.69, 9.17) is 4.74 Å². The van der Waals surface area contributed by atoms with Gasteiger partial charge in [0.2, 0.25) is 0 Å². The number of methoxy groups -OCH3 is 1. The molecule has 0 radical (unpaired) electrons. The Morgan fingerprint density at radius 2 is 1.72 bits per heavy atom. The minimum atomic E-state index is -0.707. The molecule has 3 rings (SSSR count). The van der Waals surface area contributed by atoms with E-state index in [9.17, 15) is 15.2 Å². The number of hydrogen-bond donors (Lipinski definition) is 2. The number of nitrogens with one attached hydrogen (secondary N) is 1. The van der Waals surface area contributed by atoms with Crippen LogP contribution >= 0.6 is 15.9 Å². The van der Waals surface area contributed by atoms with Crippen molar-refractivity contribution < 1.29 is 14.8 Å². The maximum absolute atomic E-state index is 11.1. The number of aliphatic hydroxyl groups excluding tert-OH is 1. The molecule has 0 aliphatic heterocycles. The molecule has 0 bridgehead atoms. The number of nitro benzene ring substituents is 1. The van der Waals surface area contributed by atoms with Crippen LogP contribution in [0.3, 0.4) is 0 Å². The smallest absolute Gasteiger partial charge is 0.271 e.